The van der Waals surface area contributed by atoms with E-state index in [1.54, 1.807) is 6.20 Å². The van der Waals surface area contributed by atoms with E-state index in [9.17, 15) is 4.79 Å². The van der Waals surface area contributed by atoms with Crippen molar-refractivity contribution in [1.82, 2.24) is 15.3 Å². The van der Waals surface area contributed by atoms with Crippen molar-refractivity contribution in [2.75, 3.05) is 25.1 Å². The first-order valence-electron chi connectivity index (χ1n) is 6.02. The number of methoxy groups -OCH3 is 1. The molecule has 2 unspecified atom stereocenters. The largest absolute Gasteiger partial charge is 0.464 e. The number of anilines is 1. The van der Waals surface area contributed by atoms with Gasteiger partial charge in [-0.1, -0.05) is 0 Å². The summed E-state index contributed by atoms with van der Waals surface area (Å²) in [5.74, 6) is 0.263. The summed E-state index contributed by atoms with van der Waals surface area (Å²) in [5.41, 5.74) is 0.244. The smallest absolute Gasteiger partial charge is 0.358 e. The number of hydrogen-bond acceptors (Lipinski definition) is 6. The molecule has 2 heterocycles. The van der Waals surface area contributed by atoms with Crippen LogP contribution in [0, 0.1) is 0 Å². The minimum atomic E-state index is -0.458. The fraction of sp³-hybridized carbons (Fsp3) is 0.583. The summed E-state index contributed by atoms with van der Waals surface area (Å²) in [6.45, 7) is 5.98. The third kappa shape index (κ3) is 2.59. The molecule has 0 saturated carbocycles. The van der Waals surface area contributed by atoms with E-state index in [2.05, 4.69) is 38.8 Å². The highest BCUT2D eigenvalue weighted by Crippen LogP contribution is 2.16. The maximum atomic E-state index is 11.4. The van der Waals surface area contributed by atoms with E-state index in [1.165, 1.54) is 13.3 Å². The van der Waals surface area contributed by atoms with Crippen LogP contribution < -0.4 is 10.2 Å². The summed E-state index contributed by atoms with van der Waals surface area (Å²) < 4.78 is 4.65. The molecule has 0 bridgehead atoms. The SMILES string of the molecule is COC(=O)c1cncc(N2CC(C)NCC2C)n1. The highest BCUT2D eigenvalue weighted by molar-refractivity contribution is 5.87. The molecular weight excluding hydrogens is 232 g/mol. The van der Waals surface area contributed by atoms with Gasteiger partial charge in [-0.3, -0.25) is 4.98 Å². The molecule has 1 fully saturated rings. The van der Waals surface area contributed by atoms with Gasteiger partial charge in [-0.15, -0.1) is 0 Å². The number of ether oxygens (including phenoxy) is 1. The Hall–Kier alpha value is -1.69. The lowest BCUT2D eigenvalue weighted by atomic mass is 10.1. The van der Waals surface area contributed by atoms with Crippen LogP contribution in [-0.2, 0) is 4.74 Å². The second-order valence-corrected chi connectivity index (χ2v) is 4.56. The lowest BCUT2D eigenvalue weighted by molar-refractivity contribution is 0.0593. The third-order valence-corrected chi connectivity index (χ3v) is 3.07. The van der Waals surface area contributed by atoms with E-state index >= 15 is 0 Å². The molecule has 2 rings (SSSR count). The van der Waals surface area contributed by atoms with Crippen LogP contribution in [0.15, 0.2) is 12.4 Å². The molecule has 1 N–H and O–H groups in total. The van der Waals surface area contributed by atoms with Crippen LogP contribution >= 0.6 is 0 Å². The monoisotopic (exact) mass is 250 g/mol. The van der Waals surface area contributed by atoms with E-state index in [-0.39, 0.29) is 5.69 Å². The molecule has 2 atom stereocenters. The topological polar surface area (TPSA) is 67.3 Å². The van der Waals surface area contributed by atoms with Crippen LogP contribution in [0.2, 0.25) is 0 Å². The van der Waals surface area contributed by atoms with Crippen molar-refractivity contribution >= 4 is 11.8 Å². The first-order chi connectivity index (χ1) is 8.61. The number of nitrogens with zero attached hydrogens (tertiary/aromatic N) is 3. The fourth-order valence-corrected chi connectivity index (χ4v) is 2.04. The Kier molecular flexibility index (Phi) is 3.76. The van der Waals surface area contributed by atoms with Crippen molar-refractivity contribution in [3.05, 3.63) is 18.1 Å². The zero-order chi connectivity index (χ0) is 13.1. The lowest BCUT2D eigenvalue weighted by Crippen LogP contribution is -2.54. The summed E-state index contributed by atoms with van der Waals surface area (Å²) in [6, 6.07) is 0.716. The highest BCUT2D eigenvalue weighted by atomic mass is 16.5. The first kappa shape index (κ1) is 12.8. The van der Waals surface area contributed by atoms with Gasteiger partial charge in [-0.25, -0.2) is 9.78 Å². The summed E-state index contributed by atoms with van der Waals surface area (Å²) in [4.78, 5) is 22.0. The van der Waals surface area contributed by atoms with Gasteiger partial charge in [0.05, 0.1) is 19.5 Å². The highest BCUT2D eigenvalue weighted by Gasteiger charge is 2.24. The molecule has 1 aromatic heterocycles. The minimum Gasteiger partial charge on any atom is -0.464 e. The van der Waals surface area contributed by atoms with Crippen molar-refractivity contribution in [3.8, 4) is 0 Å². The van der Waals surface area contributed by atoms with Crippen LogP contribution in [0.5, 0.6) is 0 Å². The zero-order valence-corrected chi connectivity index (χ0v) is 10.9. The van der Waals surface area contributed by atoms with Crippen LogP contribution in [0.25, 0.3) is 0 Å². The average Bonchev–Trinajstić information content (AvgIpc) is 2.40. The van der Waals surface area contributed by atoms with Crippen LogP contribution in [-0.4, -0.2) is 48.2 Å². The molecule has 1 aliphatic heterocycles. The maximum Gasteiger partial charge on any atom is 0.358 e. The molecule has 0 amide bonds. The van der Waals surface area contributed by atoms with E-state index < -0.39 is 5.97 Å². The van der Waals surface area contributed by atoms with E-state index in [0.29, 0.717) is 12.1 Å². The van der Waals surface area contributed by atoms with Gasteiger partial charge in [0.15, 0.2) is 5.69 Å². The molecule has 1 saturated heterocycles. The molecule has 6 nitrogen and oxygen atoms in total. The van der Waals surface area contributed by atoms with Gasteiger partial charge in [0.25, 0.3) is 0 Å². The lowest BCUT2D eigenvalue weighted by Gasteiger charge is -2.38. The standard InChI is InChI=1S/C12H18N4O2/c1-8-7-16(9(2)4-14-8)11-6-13-5-10(15-11)12(17)18-3/h5-6,8-9,14H,4,7H2,1-3H3. The van der Waals surface area contributed by atoms with Gasteiger partial charge in [0.1, 0.15) is 5.82 Å². The molecular formula is C12H18N4O2. The second kappa shape index (κ2) is 5.30. The molecule has 0 aliphatic carbocycles. The molecule has 1 aromatic rings. The number of nitrogens with one attached hydrogen (secondary N) is 1. The second-order valence-electron chi connectivity index (χ2n) is 4.56. The average molecular weight is 250 g/mol. The van der Waals surface area contributed by atoms with Gasteiger partial charge in [0, 0.05) is 25.2 Å². The molecule has 18 heavy (non-hydrogen) atoms. The molecule has 1 aliphatic rings. The van der Waals surface area contributed by atoms with E-state index in [0.717, 1.165) is 18.9 Å². The molecule has 6 heteroatoms. The first-order valence-corrected chi connectivity index (χ1v) is 6.02. The van der Waals surface area contributed by atoms with Crippen LogP contribution in [0.4, 0.5) is 5.82 Å². The predicted molar refractivity (Wildman–Crippen MR) is 67.6 cm³/mol. The quantitative estimate of drug-likeness (QED) is 0.769. The van der Waals surface area contributed by atoms with E-state index in [4.69, 9.17) is 0 Å². The Balaban J connectivity index is 2.24. The number of piperazine rings is 1. The number of carbonyl (C=O) groups excluding carboxylic acids is 1. The van der Waals surface area contributed by atoms with Crippen molar-refractivity contribution in [1.29, 1.82) is 0 Å². The van der Waals surface area contributed by atoms with Crippen molar-refractivity contribution < 1.29 is 9.53 Å². The van der Waals surface area contributed by atoms with Gasteiger partial charge < -0.3 is 15.0 Å². The number of esters is 1. The Morgan fingerprint density at radius 1 is 1.50 bits per heavy atom. The predicted octanol–water partition coefficient (Wildman–Crippen LogP) is 0.450. The zero-order valence-electron chi connectivity index (χ0n) is 10.9. The Bertz CT molecular complexity index is 438. The number of aromatic nitrogens is 2. The summed E-state index contributed by atoms with van der Waals surface area (Å²) in [6.07, 6.45) is 3.10. The maximum absolute atomic E-state index is 11.4. The summed E-state index contributed by atoms with van der Waals surface area (Å²) in [7, 11) is 1.34. The summed E-state index contributed by atoms with van der Waals surface area (Å²) in [5, 5.41) is 3.40. The Labute approximate surface area is 106 Å². The van der Waals surface area contributed by atoms with Crippen molar-refractivity contribution in [2.45, 2.75) is 25.9 Å². The Morgan fingerprint density at radius 3 is 3.00 bits per heavy atom. The normalized spacial score (nSPS) is 23.8. The van der Waals surface area contributed by atoms with Gasteiger partial charge in [0.2, 0.25) is 0 Å². The fourth-order valence-electron chi connectivity index (χ4n) is 2.04. The van der Waals surface area contributed by atoms with Crippen molar-refractivity contribution in [2.24, 2.45) is 0 Å². The van der Waals surface area contributed by atoms with Crippen molar-refractivity contribution in [3.63, 3.8) is 0 Å². The van der Waals surface area contributed by atoms with Gasteiger partial charge >= 0.3 is 5.97 Å². The van der Waals surface area contributed by atoms with Gasteiger partial charge in [-0.2, -0.15) is 0 Å². The molecule has 0 spiro atoms. The van der Waals surface area contributed by atoms with Crippen LogP contribution in [0.3, 0.4) is 0 Å². The summed E-state index contributed by atoms with van der Waals surface area (Å²) >= 11 is 0. The number of rotatable bonds is 2. The minimum absolute atomic E-state index is 0.244. The third-order valence-electron chi connectivity index (χ3n) is 3.07. The van der Waals surface area contributed by atoms with E-state index in [1.807, 2.05) is 0 Å². The molecule has 0 aromatic carbocycles. The molecule has 0 radical (unpaired) electrons. The Morgan fingerprint density at radius 2 is 2.28 bits per heavy atom. The number of hydrogen-bond donors (Lipinski definition) is 1. The number of carbonyl (C=O) groups is 1. The molecule has 98 valence electrons. The van der Waals surface area contributed by atoms with Crippen LogP contribution in [0.1, 0.15) is 24.3 Å². The van der Waals surface area contributed by atoms with Gasteiger partial charge in [-0.05, 0) is 13.8 Å².